The highest BCUT2D eigenvalue weighted by Gasteiger charge is 2.23. The van der Waals surface area contributed by atoms with Gasteiger partial charge in [0.2, 0.25) is 0 Å². The molecule has 1 heterocycles. The molecule has 1 saturated heterocycles. The second-order valence-corrected chi connectivity index (χ2v) is 5.27. The lowest BCUT2D eigenvalue weighted by Crippen LogP contribution is -2.33. The van der Waals surface area contributed by atoms with Crippen molar-refractivity contribution < 1.29 is 14.8 Å². The maximum absolute atomic E-state index is 10.9. The van der Waals surface area contributed by atoms with Crippen molar-refractivity contribution in [1.29, 1.82) is 0 Å². The zero-order valence-electron chi connectivity index (χ0n) is 12.1. The van der Waals surface area contributed by atoms with E-state index in [-0.39, 0.29) is 12.3 Å². The van der Waals surface area contributed by atoms with Gasteiger partial charge in [-0.25, -0.2) is 0 Å². The molecule has 6 heteroatoms. The van der Waals surface area contributed by atoms with E-state index in [1.807, 2.05) is 0 Å². The molecule has 0 amide bonds. The number of ether oxygens (including phenoxy) is 1. The van der Waals surface area contributed by atoms with Crippen LogP contribution in [0.4, 0.5) is 5.69 Å². The van der Waals surface area contributed by atoms with Crippen LogP contribution in [0.5, 0.6) is 5.75 Å². The van der Waals surface area contributed by atoms with Crippen molar-refractivity contribution in [3.63, 3.8) is 0 Å². The largest absolute Gasteiger partial charge is 0.485 e. The first kappa shape index (κ1) is 15.7. The van der Waals surface area contributed by atoms with E-state index in [0.717, 1.165) is 32.4 Å². The Hall–Kier alpha value is -1.66. The van der Waals surface area contributed by atoms with Gasteiger partial charge in [0.05, 0.1) is 4.92 Å². The summed E-state index contributed by atoms with van der Waals surface area (Å²) in [5.41, 5.74) is 0.00996. The van der Waals surface area contributed by atoms with E-state index in [4.69, 9.17) is 9.84 Å². The molecular weight excluding hydrogens is 272 g/mol. The van der Waals surface area contributed by atoms with E-state index in [1.165, 1.54) is 12.5 Å². The Morgan fingerprint density at radius 3 is 3.00 bits per heavy atom. The number of hydrogen-bond donors (Lipinski definition) is 1. The topological polar surface area (TPSA) is 75.8 Å². The van der Waals surface area contributed by atoms with Gasteiger partial charge >= 0.3 is 5.69 Å². The molecule has 1 fully saturated rings. The molecule has 116 valence electrons. The van der Waals surface area contributed by atoms with Gasteiger partial charge in [-0.05, 0) is 38.3 Å². The normalized spacial score (nSPS) is 18.8. The van der Waals surface area contributed by atoms with Gasteiger partial charge in [0.1, 0.15) is 6.61 Å². The van der Waals surface area contributed by atoms with Crippen LogP contribution in [0, 0.1) is 10.1 Å². The molecule has 2 rings (SSSR count). The fourth-order valence-electron chi connectivity index (χ4n) is 2.85. The average Bonchev–Trinajstić information content (AvgIpc) is 2.93. The van der Waals surface area contributed by atoms with Crippen LogP contribution in [0.25, 0.3) is 0 Å². The Labute approximate surface area is 124 Å². The van der Waals surface area contributed by atoms with Crippen LogP contribution in [-0.4, -0.2) is 47.3 Å². The van der Waals surface area contributed by atoms with Crippen molar-refractivity contribution in [2.45, 2.75) is 31.7 Å². The number of para-hydroxylation sites is 2. The molecule has 0 spiro atoms. The number of benzene rings is 1. The first-order chi connectivity index (χ1) is 10.2. The summed E-state index contributed by atoms with van der Waals surface area (Å²) in [5.74, 6) is 0.327. The van der Waals surface area contributed by atoms with E-state index >= 15 is 0 Å². The van der Waals surface area contributed by atoms with E-state index in [1.54, 1.807) is 18.2 Å². The minimum atomic E-state index is -0.421. The van der Waals surface area contributed by atoms with Crippen molar-refractivity contribution in [2.24, 2.45) is 0 Å². The van der Waals surface area contributed by atoms with Gasteiger partial charge in [0.25, 0.3) is 0 Å². The number of nitrogens with zero attached hydrogens (tertiary/aromatic N) is 2. The number of rotatable bonds is 8. The minimum absolute atomic E-state index is 0.00996. The summed E-state index contributed by atoms with van der Waals surface area (Å²) in [7, 11) is 0. The van der Waals surface area contributed by atoms with E-state index < -0.39 is 4.92 Å². The third-order valence-corrected chi connectivity index (χ3v) is 3.89. The summed E-state index contributed by atoms with van der Waals surface area (Å²) in [6.07, 6.45) is 4.15. The molecular formula is C15H22N2O4. The molecule has 1 aliphatic rings. The first-order valence-electron chi connectivity index (χ1n) is 7.43. The molecule has 1 unspecified atom stereocenters. The minimum Gasteiger partial charge on any atom is -0.485 e. The fourth-order valence-corrected chi connectivity index (χ4v) is 2.85. The number of likely N-dealkylation sites (tertiary alicyclic amines) is 1. The van der Waals surface area contributed by atoms with Crippen LogP contribution < -0.4 is 4.74 Å². The van der Waals surface area contributed by atoms with E-state index in [2.05, 4.69) is 4.90 Å². The quantitative estimate of drug-likeness (QED) is 0.587. The van der Waals surface area contributed by atoms with Gasteiger partial charge in [-0.1, -0.05) is 12.1 Å². The van der Waals surface area contributed by atoms with Crippen LogP contribution in [0.15, 0.2) is 24.3 Å². The lowest BCUT2D eigenvalue weighted by molar-refractivity contribution is -0.385. The van der Waals surface area contributed by atoms with Gasteiger partial charge in [-0.3, -0.25) is 15.0 Å². The number of aliphatic hydroxyl groups is 1. The predicted octanol–water partition coefficient (Wildman–Crippen LogP) is 2.21. The van der Waals surface area contributed by atoms with Gasteiger partial charge in [-0.15, -0.1) is 0 Å². The van der Waals surface area contributed by atoms with Crippen LogP contribution in [-0.2, 0) is 0 Å². The SMILES string of the molecule is O=[N+]([O-])c1ccccc1OCCN1CCCC1CCCO. The summed E-state index contributed by atoms with van der Waals surface area (Å²) in [5, 5.41) is 19.8. The molecule has 1 N–H and O–H groups in total. The molecule has 0 radical (unpaired) electrons. The third-order valence-electron chi connectivity index (χ3n) is 3.89. The number of nitro groups is 1. The zero-order valence-corrected chi connectivity index (χ0v) is 12.1. The second kappa shape index (κ2) is 7.95. The van der Waals surface area contributed by atoms with Crippen LogP contribution in [0.1, 0.15) is 25.7 Å². The molecule has 0 saturated carbocycles. The van der Waals surface area contributed by atoms with E-state index in [0.29, 0.717) is 18.4 Å². The van der Waals surface area contributed by atoms with Crippen LogP contribution >= 0.6 is 0 Å². The van der Waals surface area contributed by atoms with Crippen molar-refractivity contribution in [3.8, 4) is 5.75 Å². The summed E-state index contributed by atoms with van der Waals surface area (Å²) < 4.78 is 5.58. The molecule has 0 aliphatic carbocycles. The fraction of sp³-hybridized carbons (Fsp3) is 0.600. The maximum Gasteiger partial charge on any atom is 0.310 e. The van der Waals surface area contributed by atoms with Crippen molar-refractivity contribution in [3.05, 3.63) is 34.4 Å². The Morgan fingerprint density at radius 2 is 2.24 bits per heavy atom. The van der Waals surface area contributed by atoms with Gasteiger partial charge < -0.3 is 9.84 Å². The summed E-state index contributed by atoms with van der Waals surface area (Å²) in [6, 6.07) is 6.96. The molecule has 1 aliphatic heterocycles. The lowest BCUT2D eigenvalue weighted by Gasteiger charge is -2.24. The average molecular weight is 294 g/mol. The molecule has 0 aromatic heterocycles. The Morgan fingerprint density at radius 1 is 1.43 bits per heavy atom. The van der Waals surface area contributed by atoms with Crippen LogP contribution in [0.3, 0.4) is 0 Å². The maximum atomic E-state index is 10.9. The molecule has 6 nitrogen and oxygen atoms in total. The van der Waals surface area contributed by atoms with Gasteiger partial charge in [0, 0.05) is 25.3 Å². The predicted molar refractivity (Wildman–Crippen MR) is 79.5 cm³/mol. The number of nitro benzene ring substituents is 1. The second-order valence-electron chi connectivity index (χ2n) is 5.27. The van der Waals surface area contributed by atoms with Crippen LogP contribution in [0.2, 0.25) is 0 Å². The van der Waals surface area contributed by atoms with Crippen molar-refractivity contribution in [1.82, 2.24) is 4.90 Å². The number of hydrogen-bond acceptors (Lipinski definition) is 5. The highest BCUT2D eigenvalue weighted by molar-refractivity contribution is 5.45. The molecule has 21 heavy (non-hydrogen) atoms. The monoisotopic (exact) mass is 294 g/mol. The molecule has 0 bridgehead atoms. The highest BCUT2D eigenvalue weighted by Crippen LogP contribution is 2.26. The Bertz CT molecular complexity index is 467. The summed E-state index contributed by atoms with van der Waals surface area (Å²) in [6.45, 7) is 2.48. The number of aliphatic hydroxyl groups excluding tert-OH is 1. The van der Waals surface area contributed by atoms with E-state index in [9.17, 15) is 10.1 Å². The molecule has 1 aromatic carbocycles. The summed E-state index contributed by atoms with van der Waals surface area (Å²) >= 11 is 0. The standard InChI is InChI=1S/C15H22N2O4/c18-11-4-6-13-5-3-9-16(13)10-12-21-15-8-2-1-7-14(15)17(19)20/h1-2,7-8,13,18H,3-6,9-12H2. The van der Waals surface area contributed by atoms with Gasteiger partial charge in [0.15, 0.2) is 5.75 Å². The third kappa shape index (κ3) is 4.41. The van der Waals surface area contributed by atoms with Crippen molar-refractivity contribution in [2.75, 3.05) is 26.3 Å². The lowest BCUT2D eigenvalue weighted by atomic mass is 10.1. The summed E-state index contributed by atoms with van der Waals surface area (Å²) in [4.78, 5) is 12.8. The smallest absolute Gasteiger partial charge is 0.310 e. The first-order valence-corrected chi connectivity index (χ1v) is 7.43. The Balaban J connectivity index is 1.82. The Kier molecular flexibility index (Phi) is 5.95. The molecule has 1 aromatic rings. The van der Waals surface area contributed by atoms with Gasteiger partial charge in [-0.2, -0.15) is 0 Å². The molecule has 1 atom stereocenters. The van der Waals surface area contributed by atoms with Crippen molar-refractivity contribution >= 4 is 5.69 Å². The zero-order chi connectivity index (χ0) is 15.1. The highest BCUT2D eigenvalue weighted by atomic mass is 16.6.